The second-order valence-electron chi connectivity index (χ2n) is 4.56. The van der Waals surface area contributed by atoms with Crippen LogP contribution >= 0.6 is 0 Å². The first-order chi connectivity index (χ1) is 10.2. The summed E-state index contributed by atoms with van der Waals surface area (Å²) in [6.07, 6.45) is 0. The summed E-state index contributed by atoms with van der Waals surface area (Å²) < 4.78 is 10.8. The standard InChI is InChI=1S/C15H9BN2O3/c17-7-10-1-2-11(8-18)15(5-10)21-13-3-4-14-12(6-13)9-20-16(14)19/h1-6,19H,9H2. The smallest absolute Gasteiger partial charge is 0.456 e. The molecule has 0 radical (unpaired) electrons. The van der Waals surface area contributed by atoms with Gasteiger partial charge in [-0.25, -0.2) is 0 Å². The Morgan fingerprint density at radius 2 is 2.00 bits per heavy atom. The molecular formula is C15H9BN2O3. The number of fused-ring (bicyclic) bond motifs is 1. The lowest BCUT2D eigenvalue weighted by atomic mass is 9.80. The largest absolute Gasteiger partial charge is 0.491 e. The third-order valence-electron chi connectivity index (χ3n) is 3.24. The molecule has 21 heavy (non-hydrogen) atoms. The van der Waals surface area contributed by atoms with Crippen molar-refractivity contribution in [2.45, 2.75) is 6.61 Å². The molecule has 0 amide bonds. The summed E-state index contributed by atoms with van der Waals surface area (Å²) in [4.78, 5) is 0. The molecule has 2 aromatic rings. The molecule has 5 nitrogen and oxygen atoms in total. The average Bonchev–Trinajstić information content (AvgIpc) is 2.88. The van der Waals surface area contributed by atoms with Crippen LogP contribution in [-0.2, 0) is 11.3 Å². The minimum absolute atomic E-state index is 0.317. The van der Waals surface area contributed by atoms with Crippen LogP contribution < -0.4 is 10.2 Å². The Morgan fingerprint density at radius 3 is 2.76 bits per heavy atom. The van der Waals surface area contributed by atoms with Crippen LogP contribution in [0.5, 0.6) is 11.5 Å². The van der Waals surface area contributed by atoms with Crippen LogP contribution in [0.1, 0.15) is 16.7 Å². The fourth-order valence-electron chi connectivity index (χ4n) is 2.17. The number of hydrogen-bond donors (Lipinski definition) is 1. The molecule has 0 atom stereocenters. The lowest BCUT2D eigenvalue weighted by Gasteiger charge is -2.09. The average molecular weight is 276 g/mol. The van der Waals surface area contributed by atoms with E-state index in [-0.39, 0.29) is 0 Å². The van der Waals surface area contributed by atoms with Crippen LogP contribution in [0.2, 0.25) is 0 Å². The van der Waals surface area contributed by atoms with Crippen LogP contribution in [0.25, 0.3) is 0 Å². The molecule has 0 aromatic heterocycles. The summed E-state index contributed by atoms with van der Waals surface area (Å²) in [6, 6.07) is 13.9. The van der Waals surface area contributed by atoms with Crippen molar-refractivity contribution in [1.29, 1.82) is 10.5 Å². The molecule has 0 unspecified atom stereocenters. The molecule has 0 bridgehead atoms. The van der Waals surface area contributed by atoms with Gasteiger partial charge in [0.05, 0.1) is 23.8 Å². The van der Waals surface area contributed by atoms with Crippen molar-refractivity contribution in [1.82, 2.24) is 0 Å². The molecule has 0 aliphatic carbocycles. The molecule has 2 aromatic carbocycles. The number of nitriles is 2. The van der Waals surface area contributed by atoms with Gasteiger partial charge in [-0.15, -0.1) is 0 Å². The first-order valence-corrected chi connectivity index (χ1v) is 6.26. The van der Waals surface area contributed by atoms with Crippen LogP contribution in [0.3, 0.4) is 0 Å². The van der Waals surface area contributed by atoms with Gasteiger partial charge in [0.15, 0.2) is 0 Å². The van der Waals surface area contributed by atoms with Crippen LogP contribution in [0, 0.1) is 22.7 Å². The second-order valence-corrected chi connectivity index (χ2v) is 4.56. The summed E-state index contributed by atoms with van der Waals surface area (Å²) in [6.45, 7) is 0.317. The van der Waals surface area contributed by atoms with Crippen molar-refractivity contribution in [2.75, 3.05) is 0 Å². The van der Waals surface area contributed by atoms with Crippen molar-refractivity contribution < 1.29 is 14.4 Å². The normalized spacial score (nSPS) is 12.4. The van der Waals surface area contributed by atoms with E-state index in [2.05, 4.69) is 0 Å². The van der Waals surface area contributed by atoms with Gasteiger partial charge in [0.1, 0.15) is 17.6 Å². The molecule has 3 rings (SSSR count). The third kappa shape index (κ3) is 2.46. The van der Waals surface area contributed by atoms with Gasteiger partial charge >= 0.3 is 7.12 Å². The van der Waals surface area contributed by atoms with E-state index >= 15 is 0 Å². The quantitative estimate of drug-likeness (QED) is 0.838. The van der Waals surface area contributed by atoms with Crippen LogP contribution in [-0.4, -0.2) is 12.1 Å². The number of rotatable bonds is 2. The van der Waals surface area contributed by atoms with Crippen molar-refractivity contribution in [3.05, 3.63) is 53.1 Å². The van der Waals surface area contributed by atoms with E-state index in [0.717, 1.165) is 5.56 Å². The van der Waals surface area contributed by atoms with Crippen molar-refractivity contribution in [2.24, 2.45) is 0 Å². The molecule has 1 heterocycles. The van der Waals surface area contributed by atoms with E-state index in [1.165, 1.54) is 6.07 Å². The maximum absolute atomic E-state index is 9.57. The minimum Gasteiger partial charge on any atom is -0.456 e. The molecule has 1 aliphatic rings. The van der Waals surface area contributed by atoms with E-state index in [0.29, 0.717) is 34.7 Å². The number of benzene rings is 2. The van der Waals surface area contributed by atoms with Crippen LogP contribution in [0.15, 0.2) is 36.4 Å². The van der Waals surface area contributed by atoms with Crippen LogP contribution in [0.4, 0.5) is 0 Å². The molecular weight excluding hydrogens is 267 g/mol. The molecule has 6 heteroatoms. The second kappa shape index (κ2) is 5.30. The summed E-state index contributed by atoms with van der Waals surface area (Å²) in [5, 5.41) is 27.6. The van der Waals surface area contributed by atoms with Gasteiger partial charge in [-0.05, 0) is 41.4 Å². The molecule has 1 N–H and O–H groups in total. The predicted molar refractivity (Wildman–Crippen MR) is 74.8 cm³/mol. The Morgan fingerprint density at radius 1 is 1.14 bits per heavy atom. The number of hydrogen-bond acceptors (Lipinski definition) is 5. The monoisotopic (exact) mass is 276 g/mol. The van der Waals surface area contributed by atoms with Crippen molar-refractivity contribution in [3.8, 4) is 23.6 Å². The summed E-state index contributed by atoms with van der Waals surface area (Å²) in [7, 11) is -0.898. The summed E-state index contributed by atoms with van der Waals surface area (Å²) >= 11 is 0. The highest BCUT2D eigenvalue weighted by Gasteiger charge is 2.27. The first-order valence-electron chi connectivity index (χ1n) is 6.26. The highest BCUT2D eigenvalue weighted by Crippen LogP contribution is 2.27. The highest BCUT2D eigenvalue weighted by molar-refractivity contribution is 6.61. The maximum Gasteiger partial charge on any atom is 0.491 e. The predicted octanol–water partition coefficient (Wildman–Crippen LogP) is 1.44. The minimum atomic E-state index is -0.898. The Balaban J connectivity index is 1.94. The Kier molecular flexibility index (Phi) is 3.33. The molecule has 100 valence electrons. The van der Waals surface area contributed by atoms with Gasteiger partial charge in [-0.2, -0.15) is 10.5 Å². The number of ether oxygens (including phenoxy) is 1. The van der Waals surface area contributed by atoms with E-state index in [1.54, 1.807) is 30.3 Å². The molecule has 0 fully saturated rings. The van der Waals surface area contributed by atoms with E-state index in [1.807, 2.05) is 12.1 Å². The Bertz CT molecular complexity index is 792. The van der Waals surface area contributed by atoms with E-state index in [4.69, 9.17) is 19.9 Å². The van der Waals surface area contributed by atoms with E-state index < -0.39 is 7.12 Å². The third-order valence-corrected chi connectivity index (χ3v) is 3.24. The Labute approximate surface area is 121 Å². The topological polar surface area (TPSA) is 86.3 Å². The number of nitrogens with zero attached hydrogens (tertiary/aromatic N) is 2. The van der Waals surface area contributed by atoms with Gasteiger partial charge in [-0.3, -0.25) is 0 Å². The zero-order chi connectivity index (χ0) is 14.8. The highest BCUT2D eigenvalue weighted by atomic mass is 16.5. The van der Waals surface area contributed by atoms with Gasteiger partial charge in [-0.1, -0.05) is 6.07 Å². The molecule has 0 spiro atoms. The Hall–Kier alpha value is -2.80. The fourth-order valence-corrected chi connectivity index (χ4v) is 2.17. The van der Waals surface area contributed by atoms with Gasteiger partial charge < -0.3 is 14.4 Å². The van der Waals surface area contributed by atoms with Crippen molar-refractivity contribution in [3.63, 3.8) is 0 Å². The summed E-state index contributed by atoms with van der Waals surface area (Å²) in [5.74, 6) is 0.856. The fraction of sp³-hybridized carbons (Fsp3) is 0.0667. The van der Waals surface area contributed by atoms with Gasteiger partial charge in [0.25, 0.3) is 0 Å². The van der Waals surface area contributed by atoms with Gasteiger partial charge in [0.2, 0.25) is 0 Å². The van der Waals surface area contributed by atoms with E-state index in [9.17, 15) is 5.02 Å². The zero-order valence-corrected chi connectivity index (χ0v) is 10.9. The molecule has 0 saturated heterocycles. The molecule has 0 saturated carbocycles. The molecule has 1 aliphatic heterocycles. The maximum atomic E-state index is 9.57. The van der Waals surface area contributed by atoms with Crippen molar-refractivity contribution >= 4 is 12.6 Å². The SMILES string of the molecule is N#Cc1ccc(C#N)c(Oc2ccc3c(c2)COB3O)c1. The summed E-state index contributed by atoms with van der Waals surface area (Å²) in [5.41, 5.74) is 2.33. The van der Waals surface area contributed by atoms with Gasteiger partial charge in [0, 0.05) is 0 Å². The first kappa shape index (κ1) is 13.2. The lowest BCUT2D eigenvalue weighted by Crippen LogP contribution is -2.27. The zero-order valence-electron chi connectivity index (χ0n) is 10.9. The lowest BCUT2D eigenvalue weighted by molar-refractivity contribution is 0.275.